The van der Waals surface area contributed by atoms with E-state index in [9.17, 15) is 0 Å². The third-order valence-electron chi connectivity index (χ3n) is 15.3. The van der Waals surface area contributed by atoms with Crippen LogP contribution in [-0.4, -0.2) is 28.7 Å². The van der Waals surface area contributed by atoms with Gasteiger partial charge in [-0.2, -0.15) is 0 Å². The Morgan fingerprint density at radius 2 is 0.632 bits per heavy atom. The van der Waals surface area contributed by atoms with Crippen molar-refractivity contribution in [1.29, 1.82) is 0 Å². The first-order chi connectivity index (χ1) is 37.7. The summed E-state index contributed by atoms with van der Waals surface area (Å²) in [6.45, 7) is 0. The second kappa shape index (κ2) is 16.6. The largest absolute Gasteiger partial charge is 0.456 e. The molecule has 0 saturated heterocycles. The Bertz CT molecular complexity index is 4790. The zero-order valence-electron chi connectivity index (χ0n) is 40.8. The van der Waals surface area contributed by atoms with Crippen molar-refractivity contribution in [2.45, 2.75) is 0 Å². The van der Waals surface area contributed by atoms with E-state index in [1.54, 1.807) is 0 Å². The van der Waals surface area contributed by atoms with Gasteiger partial charge in [0.25, 0.3) is 0 Å². The Morgan fingerprint density at radius 1 is 0.263 bits per heavy atom. The van der Waals surface area contributed by atoms with E-state index in [1.165, 1.54) is 0 Å². The standard InChI is InChI=1S/C69H42N6O/c1-3-21-43(22-4-1)67-70-68(44-23-5-2-6-24-44)72-69(71-67)54-42-61(73-55-32-14-7-25-46(55)47-26-8-15-33-56(47)73)65(74-57-34-16-9-27-48(57)49-28-10-17-35-58(49)74)66(75-59-36-18-11-29-50(59)51-30-12-19-37-60(51)75)64(54)45-39-40-63-53(41-45)52-31-13-20-38-62(52)76-63/h1-42H. The Balaban J connectivity index is 1.20. The Labute approximate surface area is 435 Å². The molecular formula is C69H42N6O. The summed E-state index contributed by atoms with van der Waals surface area (Å²) in [7, 11) is 0. The van der Waals surface area contributed by atoms with Crippen molar-refractivity contribution in [2.75, 3.05) is 0 Å². The van der Waals surface area contributed by atoms with Gasteiger partial charge in [-0.1, -0.05) is 194 Å². The molecule has 16 aromatic rings. The van der Waals surface area contributed by atoms with Crippen molar-refractivity contribution in [3.8, 4) is 62.4 Å². The summed E-state index contributed by atoms with van der Waals surface area (Å²) >= 11 is 0. The fraction of sp³-hybridized carbons (Fsp3) is 0. The normalized spacial score (nSPS) is 11.9. The van der Waals surface area contributed by atoms with Crippen LogP contribution in [0.4, 0.5) is 0 Å². The number of para-hydroxylation sites is 7. The predicted molar refractivity (Wildman–Crippen MR) is 312 cm³/mol. The molecule has 7 nitrogen and oxygen atoms in total. The molecule has 0 radical (unpaired) electrons. The first-order valence-electron chi connectivity index (χ1n) is 25.7. The number of benzene rings is 11. The zero-order valence-corrected chi connectivity index (χ0v) is 40.8. The molecule has 5 aromatic heterocycles. The summed E-state index contributed by atoms with van der Waals surface area (Å²) in [6.07, 6.45) is 0. The molecule has 11 aromatic carbocycles. The topological polar surface area (TPSA) is 66.6 Å². The SMILES string of the molecule is c1ccc(-c2nc(-c3ccccc3)nc(-c3cc(-n4c5ccccc5c5ccccc54)c(-n4c5ccccc5c5ccccc54)c(-n4c5ccccc5c5ccccc54)c3-c3ccc4oc5ccccc5c4c3)n2)cc1. The minimum Gasteiger partial charge on any atom is -0.456 e. The van der Waals surface area contributed by atoms with E-state index < -0.39 is 0 Å². The first-order valence-corrected chi connectivity index (χ1v) is 25.7. The molecular weight excluding hydrogens is 929 g/mol. The Hall–Kier alpha value is -10.4. The number of nitrogens with zero attached hydrogens (tertiary/aromatic N) is 6. The quantitative estimate of drug-likeness (QED) is 0.160. The van der Waals surface area contributed by atoms with E-state index in [0.717, 1.165) is 132 Å². The molecule has 0 saturated carbocycles. The van der Waals surface area contributed by atoms with Crippen molar-refractivity contribution in [1.82, 2.24) is 28.7 Å². The summed E-state index contributed by atoms with van der Waals surface area (Å²) in [5, 5.41) is 8.99. The van der Waals surface area contributed by atoms with Gasteiger partial charge in [-0.3, -0.25) is 0 Å². The third kappa shape index (κ3) is 6.26. The van der Waals surface area contributed by atoms with Crippen molar-refractivity contribution < 1.29 is 4.42 Å². The molecule has 0 aliphatic carbocycles. The number of fused-ring (bicyclic) bond motifs is 12. The molecule has 0 atom stereocenters. The van der Waals surface area contributed by atoms with Crippen LogP contribution < -0.4 is 0 Å². The van der Waals surface area contributed by atoms with E-state index in [1.807, 2.05) is 48.5 Å². The van der Waals surface area contributed by atoms with Crippen LogP contribution in [0.5, 0.6) is 0 Å². The average molecular weight is 971 g/mol. The fourth-order valence-electron chi connectivity index (χ4n) is 12.0. The van der Waals surface area contributed by atoms with E-state index in [4.69, 9.17) is 19.4 Å². The number of furan rings is 1. The Morgan fingerprint density at radius 3 is 1.11 bits per heavy atom. The zero-order chi connectivity index (χ0) is 49.8. The molecule has 0 N–H and O–H groups in total. The summed E-state index contributed by atoms with van der Waals surface area (Å²) in [5.74, 6) is 1.70. The minimum absolute atomic E-state index is 0.540. The molecule has 0 unspecified atom stereocenters. The highest BCUT2D eigenvalue weighted by molar-refractivity contribution is 6.16. The summed E-state index contributed by atoms with van der Waals surface area (Å²) in [4.78, 5) is 16.5. The summed E-state index contributed by atoms with van der Waals surface area (Å²) in [6, 6.07) is 90.7. The molecule has 0 aliphatic heterocycles. The van der Waals surface area contributed by atoms with Crippen LogP contribution in [0.3, 0.4) is 0 Å². The molecule has 354 valence electrons. The highest BCUT2D eigenvalue weighted by Crippen LogP contribution is 2.50. The lowest BCUT2D eigenvalue weighted by atomic mass is 9.92. The molecule has 0 aliphatic rings. The number of hydrogen-bond acceptors (Lipinski definition) is 4. The van der Waals surface area contributed by atoms with Gasteiger partial charge in [-0.15, -0.1) is 0 Å². The highest BCUT2D eigenvalue weighted by Gasteiger charge is 2.32. The molecule has 76 heavy (non-hydrogen) atoms. The van der Waals surface area contributed by atoms with Gasteiger partial charge in [0.15, 0.2) is 17.5 Å². The third-order valence-corrected chi connectivity index (χ3v) is 15.3. The lowest BCUT2D eigenvalue weighted by Gasteiger charge is -2.27. The monoisotopic (exact) mass is 970 g/mol. The van der Waals surface area contributed by atoms with E-state index >= 15 is 0 Å². The van der Waals surface area contributed by atoms with Crippen LogP contribution in [0.1, 0.15) is 0 Å². The van der Waals surface area contributed by atoms with Gasteiger partial charge in [-0.25, -0.2) is 15.0 Å². The van der Waals surface area contributed by atoms with Crippen molar-refractivity contribution >= 4 is 87.4 Å². The second-order valence-corrected chi connectivity index (χ2v) is 19.5. The number of aromatic nitrogens is 6. The van der Waals surface area contributed by atoms with Gasteiger partial charge in [0.1, 0.15) is 11.2 Å². The number of rotatable bonds is 7. The smallest absolute Gasteiger partial charge is 0.164 e. The molecule has 7 heteroatoms. The maximum atomic E-state index is 6.59. The summed E-state index contributed by atoms with van der Waals surface area (Å²) < 4.78 is 14.1. The summed E-state index contributed by atoms with van der Waals surface area (Å²) in [5.41, 5.74) is 15.6. The van der Waals surface area contributed by atoms with E-state index in [2.05, 4.69) is 220 Å². The molecule has 0 fully saturated rings. The van der Waals surface area contributed by atoms with Gasteiger partial charge in [0.2, 0.25) is 0 Å². The van der Waals surface area contributed by atoms with Gasteiger partial charge >= 0.3 is 0 Å². The predicted octanol–water partition coefficient (Wildman–Crippen LogP) is 17.7. The van der Waals surface area contributed by atoms with Crippen LogP contribution in [0.25, 0.3) is 150 Å². The van der Waals surface area contributed by atoms with Gasteiger partial charge in [0, 0.05) is 65.3 Å². The van der Waals surface area contributed by atoms with E-state index in [-0.39, 0.29) is 0 Å². The first kappa shape index (κ1) is 42.2. The Kier molecular flexibility index (Phi) is 9.20. The average Bonchev–Trinajstić information content (AvgIpc) is 4.35. The van der Waals surface area contributed by atoms with Crippen LogP contribution in [0.15, 0.2) is 259 Å². The lowest BCUT2D eigenvalue weighted by molar-refractivity contribution is 0.669. The molecule has 5 heterocycles. The van der Waals surface area contributed by atoms with Crippen LogP contribution in [0.2, 0.25) is 0 Å². The van der Waals surface area contributed by atoms with Gasteiger partial charge in [-0.05, 0) is 66.2 Å². The molecule has 16 rings (SSSR count). The van der Waals surface area contributed by atoms with Gasteiger partial charge < -0.3 is 18.1 Å². The van der Waals surface area contributed by atoms with Crippen molar-refractivity contribution in [3.63, 3.8) is 0 Å². The van der Waals surface area contributed by atoms with Crippen LogP contribution in [0, 0.1) is 0 Å². The minimum atomic E-state index is 0.540. The maximum absolute atomic E-state index is 6.59. The van der Waals surface area contributed by atoms with Crippen LogP contribution >= 0.6 is 0 Å². The van der Waals surface area contributed by atoms with Crippen molar-refractivity contribution in [3.05, 3.63) is 255 Å². The molecule has 0 amide bonds. The van der Waals surface area contributed by atoms with Crippen LogP contribution in [-0.2, 0) is 0 Å². The lowest BCUT2D eigenvalue weighted by Crippen LogP contribution is -2.13. The molecule has 0 bridgehead atoms. The second-order valence-electron chi connectivity index (χ2n) is 19.5. The molecule has 0 spiro atoms. The number of hydrogen-bond donors (Lipinski definition) is 0. The maximum Gasteiger partial charge on any atom is 0.164 e. The fourth-order valence-corrected chi connectivity index (χ4v) is 12.0. The van der Waals surface area contributed by atoms with Crippen molar-refractivity contribution in [2.24, 2.45) is 0 Å². The van der Waals surface area contributed by atoms with E-state index in [0.29, 0.717) is 17.5 Å². The van der Waals surface area contributed by atoms with Gasteiger partial charge in [0.05, 0.1) is 50.2 Å². The highest BCUT2D eigenvalue weighted by atomic mass is 16.3.